The largest absolute Gasteiger partial charge is 0.413 e. The molecule has 3 nitrogen and oxygen atoms in total. The van der Waals surface area contributed by atoms with Crippen LogP contribution in [0.2, 0.25) is 36.3 Å². The van der Waals surface area contributed by atoms with Crippen molar-refractivity contribution in [2.45, 2.75) is 103 Å². The molecule has 2 aromatic rings. The molecule has 0 N–H and O–H groups in total. The van der Waals surface area contributed by atoms with Gasteiger partial charge in [0.05, 0.1) is 12.2 Å². The van der Waals surface area contributed by atoms with E-state index in [2.05, 4.69) is 80.4 Å². The van der Waals surface area contributed by atoms with Crippen LogP contribution in [-0.2, 0) is 13.4 Å². The second-order valence-electron chi connectivity index (χ2n) is 14.2. The van der Waals surface area contributed by atoms with Crippen molar-refractivity contribution < 1.29 is 13.4 Å². The summed E-state index contributed by atoms with van der Waals surface area (Å²) in [5.74, 6) is 0. The van der Waals surface area contributed by atoms with E-state index in [1.165, 1.54) is 0 Å². The van der Waals surface area contributed by atoms with Gasteiger partial charge >= 0.3 is 0 Å². The molecule has 2 atom stereocenters. The fourth-order valence-electron chi connectivity index (χ4n) is 4.53. The number of hydrogen-bond donors (Lipinski definition) is 0. The molecule has 3 rings (SSSR count). The van der Waals surface area contributed by atoms with E-state index in [0.717, 1.165) is 34.6 Å². The predicted octanol–water partition coefficient (Wildman–Crippen LogP) is 9.06. The third kappa shape index (κ3) is 7.43. The van der Waals surface area contributed by atoms with E-state index in [0.29, 0.717) is 6.16 Å². The summed E-state index contributed by atoms with van der Waals surface area (Å²) in [6, 6.07) is 19.8. The third-order valence-corrected chi connectivity index (χ3v) is 21.2. The Labute approximate surface area is 240 Å². The molecule has 6 heteroatoms. The zero-order chi connectivity index (χ0) is 29.3. The van der Waals surface area contributed by atoms with Crippen LogP contribution in [0.5, 0.6) is 0 Å². The van der Waals surface area contributed by atoms with E-state index < -0.39 is 23.8 Å². The molecule has 2 aromatic carbocycles. The van der Waals surface area contributed by atoms with Crippen molar-refractivity contribution in [3.05, 3.63) is 84.5 Å². The predicted molar refractivity (Wildman–Crippen MR) is 175 cm³/mol. The van der Waals surface area contributed by atoms with Gasteiger partial charge in [-0.05, 0) is 53.8 Å². The Morgan fingerprint density at radius 3 is 1.69 bits per heavy atom. The van der Waals surface area contributed by atoms with Gasteiger partial charge in [-0.25, -0.2) is 0 Å². The van der Waals surface area contributed by atoms with Gasteiger partial charge in [0, 0.05) is 23.2 Å². The SMILES string of the molecule is C=C1/C(=C/CP(=O)(c2ccccc2)c2ccccc2)CC(O[Si](C)(C)C(C)(C)C)CC1O[Si](C)(C)C(C)(C)C. The first-order valence-corrected chi connectivity index (χ1v) is 22.0. The molecular weight excluding hydrogens is 532 g/mol. The van der Waals surface area contributed by atoms with Gasteiger partial charge in [-0.3, -0.25) is 0 Å². The van der Waals surface area contributed by atoms with Crippen LogP contribution in [0.3, 0.4) is 0 Å². The van der Waals surface area contributed by atoms with E-state index in [1.807, 2.05) is 60.7 Å². The molecular formula is C33H51O3PSi2. The molecule has 0 heterocycles. The summed E-state index contributed by atoms with van der Waals surface area (Å²) in [7, 11) is -6.90. The zero-order valence-electron chi connectivity index (χ0n) is 26.0. The molecule has 39 heavy (non-hydrogen) atoms. The summed E-state index contributed by atoms with van der Waals surface area (Å²) in [5.41, 5.74) is 2.17. The van der Waals surface area contributed by atoms with Gasteiger partial charge in [0.2, 0.25) is 0 Å². The van der Waals surface area contributed by atoms with Gasteiger partial charge in [-0.2, -0.15) is 0 Å². The van der Waals surface area contributed by atoms with E-state index in [4.69, 9.17) is 8.85 Å². The summed E-state index contributed by atoms with van der Waals surface area (Å²) >= 11 is 0. The molecule has 0 amide bonds. The zero-order valence-corrected chi connectivity index (χ0v) is 28.9. The summed E-state index contributed by atoms with van der Waals surface area (Å²) in [6.07, 6.45) is 4.22. The van der Waals surface area contributed by atoms with Crippen molar-refractivity contribution in [3.63, 3.8) is 0 Å². The average molecular weight is 583 g/mol. The van der Waals surface area contributed by atoms with Crippen molar-refractivity contribution >= 4 is 34.4 Å². The number of allylic oxidation sites excluding steroid dienone is 1. The van der Waals surface area contributed by atoms with E-state index in [9.17, 15) is 4.57 Å². The van der Waals surface area contributed by atoms with Crippen molar-refractivity contribution in [2.24, 2.45) is 0 Å². The molecule has 1 saturated carbocycles. The van der Waals surface area contributed by atoms with Gasteiger partial charge in [0.1, 0.15) is 7.14 Å². The highest BCUT2D eigenvalue weighted by molar-refractivity contribution is 7.78. The van der Waals surface area contributed by atoms with E-state index >= 15 is 0 Å². The van der Waals surface area contributed by atoms with Crippen molar-refractivity contribution in [1.29, 1.82) is 0 Å². The Kier molecular flexibility index (Phi) is 9.67. The van der Waals surface area contributed by atoms with Gasteiger partial charge < -0.3 is 13.4 Å². The van der Waals surface area contributed by atoms with Crippen LogP contribution in [0.4, 0.5) is 0 Å². The minimum absolute atomic E-state index is 0.0604. The highest BCUT2D eigenvalue weighted by atomic mass is 31.2. The fraction of sp³-hybridized carbons (Fsp3) is 0.515. The highest BCUT2D eigenvalue weighted by Gasteiger charge is 2.44. The van der Waals surface area contributed by atoms with E-state index in [-0.39, 0.29) is 22.3 Å². The standard InChI is InChI=1S/C33H51O3PSi2/c1-26-27(22-23-37(34,29-18-14-12-15-19-29)30-20-16-13-17-21-30)24-28(35-38(8,9)32(2,3)4)25-31(26)36-39(10,11)33(5,6)7/h12-22,28,31H,1,23-25H2,2-11H3/b27-22+. The summed E-state index contributed by atoms with van der Waals surface area (Å²) in [6.45, 7) is 27.5. The van der Waals surface area contributed by atoms with Crippen molar-refractivity contribution in [1.82, 2.24) is 0 Å². The van der Waals surface area contributed by atoms with Gasteiger partial charge in [-0.15, -0.1) is 0 Å². The van der Waals surface area contributed by atoms with E-state index in [1.54, 1.807) is 0 Å². The summed E-state index contributed by atoms with van der Waals surface area (Å²) < 4.78 is 28.7. The lowest BCUT2D eigenvalue weighted by molar-refractivity contribution is 0.0969. The second kappa shape index (κ2) is 11.8. The molecule has 1 aliphatic carbocycles. The molecule has 1 fully saturated rings. The molecule has 0 spiro atoms. The smallest absolute Gasteiger partial charge is 0.192 e. The van der Waals surface area contributed by atoms with Gasteiger partial charge in [0.25, 0.3) is 0 Å². The monoisotopic (exact) mass is 582 g/mol. The topological polar surface area (TPSA) is 35.5 Å². The Morgan fingerprint density at radius 1 is 0.821 bits per heavy atom. The quantitative estimate of drug-likeness (QED) is 0.230. The molecule has 0 aromatic heterocycles. The Hall–Kier alpha value is -1.50. The van der Waals surface area contributed by atoms with Crippen molar-refractivity contribution in [2.75, 3.05) is 6.16 Å². The molecule has 214 valence electrons. The number of hydrogen-bond acceptors (Lipinski definition) is 3. The third-order valence-electron chi connectivity index (χ3n) is 9.18. The van der Waals surface area contributed by atoms with Crippen molar-refractivity contribution in [3.8, 4) is 0 Å². The summed E-state index contributed by atoms with van der Waals surface area (Å²) in [4.78, 5) is 0. The number of rotatable bonds is 8. The number of benzene rings is 2. The van der Waals surface area contributed by atoms with Crippen LogP contribution in [0.1, 0.15) is 54.4 Å². The second-order valence-corrected chi connectivity index (χ2v) is 26.5. The first-order valence-electron chi connectivity index (χ1n) is 14.3. The van der Waals surface area contributed by atoms with Crippen LogP contribution in [0, 0.1) is 0 Å². The first kappa shape index (κ1) is 32.0. The lowest BCUT2D eigenvalue weighted by Crippen LogP contribution is -2.49. The van der Waals surface area contributed by atoms with Crippen LogP contribution >= 0.6 is 7.14 Å². The maximum absolute atomic E-state index is 14.7. The normalized spacial score (nSPS) is 20.9. The lowest BCUT2D eigenvalue weighted by Gasteiger charge is -2.45. The molecule has 2 unspecified atom stereocenters. The van der Waals surface area contributed by atoms with Gasteiger partial charge in [0.15, 0.2) is 16.6 Å². The maximum atomic E-state index is 14.7. The highest BCUT2D eigenvalue weighted by Crippen LogP contribution is 2.47. The van der Waals surface area contributed by atoms with Gasteiger partial charge in [-0.1, -0.05) is 115 Å². The fourth-order valence-corrected chi connectivity index (χ4v) is 9.71. The lowest BCUT2D eigenvalue weighted by atomic mass is 9.86. The first-order chi connectivity index (χ1) is 17.9. The Morgan fingerprint density at radius 2 is 1.26 bits per heavy atom. The Balaban J connectivity index is 2.01. The Bertz CT molecular complexity index is 1160. The summed E-state index contributed by atoms with van der Waals surface area (Å²) in [5, 5.41) is 1.99. The molecule has 0 radical (unpaired) electrons. The molecule has 0 saturated heterocycles. The van der Waals surface area contributed by atoms with Crippen LogP contribution in [0.15, 0.2) is 84.5 Å². The van der Waals surface area contributed by atoms with Crippen LogP contribution in [-0.4, -0.2) is 35.0 Å². The minimum Gasteiger partial charge on any atom is -0.413 e. The van der Waals surface area contributed by atoms with Crippen LogP contribution in [0.25, 0.3) is 0 Å². The molecule has 0 aliphatic heterocycles. The maximum Gasteiger partial charge on any atom is 0.192 e. The van der Waals surface area contributed by atoms with Crippen LogP contribution < -0.4 is 10.6 Å². The molecule has 1 aliphatic rings. The minimum atomic E-state index is -2.87. The molecule has 0 bridgehead atoms. The average Bonchev–Trinajstić information content (AvgIpc) is 2.84.